The second-order valence-corrected chi connectivity index (χ2v) is 5.98. The Bertz CT molecular complexity index is 561. The van der Waals surface area contributed by atoms with E-state index in [9.17, 15) is 18.0 Å². The monoisotopic (exact) mass is 334 g/mol. The molecular weight excluding hydrogens is 317 g/mol. The van der Waals surface area contributed by atoms with E-state index in [1.54, 1.807) is 4.90 Å². The third kappa shape index (κ3) is 2.94. The van der Waals surface area contributed by atoms with E-state index in [1.165, 1.54) is 0 Å². The number of carbonyl (C=O) groups excluding carboxylic acids is 1. The predicted octanol–water partition coefficient (Wildman–Crippen LogP) is 2.73. The third-order valence-electron chi connectivity index (χ3n) is 4.67. The molecule has 2 aliphatic rings. The fourth-order valence-electron chi connectivity index (χ4n) is 3.54. The Morgan fingerprint density at radius 2 is 1.77 bits per heavy atom. The number of amides is 1. The van der Waals surface area contributed by atoms with Crippen LogP contribution in [0.25, 0.3) is 0 Å². The van der Waals surface area contributed by atoms with Crippen LogP contribution in [0.3, 0.4) is 0 Å². The smallest absolute Gasteiger partial charge is 0.254 e. The Morgan fingerprint density at radius 3 is 2.36 bits per heavy atom. The molecule has 3 nitrogen and oxygen atoms in total. The van der Waals surface area contributed by atoms with Gasteiger partial charge in [0, 0.05) is 24.7 Å². The molecule has 2 fully saturated rings. The first-order valence-electron chi connectivity index (χ1n) is 7.16. The van der Waals surface area contributed by atoms with Crippen LogP contribution in [0.5, 0.6) is 0 Å². The summed E-state index contributed by atoms with van der Waals surface area (Å²) in [6, 6.07) is 1.58. The average Bonchev–Trinajstić information content (AvgIpc) is 2.89. The lowest BCUT2D eigenvalue weighted by molar-refractivity contribution is 0.0782. The van der Waals surface area contributed by atoms with Crippen LogP contribution in [0.4, 0.5) is 13.2 Å². The molecule has 0 aromatic heterocycles. The van der Waals surface area contributed by atoms with Crippen LogP contribution in [0.1, 0.15) is 29.6 Å². The van der Waals surface area contributed by atoms with Crippen molar-refractivity contribution in [2.75, 3.05) is 13.1 Å². The maximum atomic E-state index is 13.2. The van der Waals surface area contributed by atoms with Crippen LogP contribution in [0.15, 0.2) is 12.1 Å². The number of halogens is 4. The van der Waals surface area contributed by atoms with Gasteiger partial charge in [-0.15, -0.1) is 12.4 Å². The number of rotatable bonds is 1. The fourth-order valence-corrected chi connectivity index (χ4v) is 3.54. The Labute approximate surface area is 133 Å². The van der Waals surface area contributed by atoms with Gasteiger partial charge < -0.3 is 10.6 Å². The Kier molecular flexibility index (Phi) is 5.02. The molecule has 22 heavy (non-hydrogen) atoms. The summed E-state index contributed by atoms with van der Waals surface area (Å²) in [6.45, 7) is 1.06. The van der Waals surface area contributed by atoms with Crippen molar-refractivity contribution in [2.45, 2.75) is 25.3 Å². The van der Waals surface area contributed by atoms with E-state index in [2.05, 4.69) is 0 Å². The molecule has 0 radical (unpaired) electrons. The van der Waals surface area contributed by atoms with Gasteiger partial charge in [0.1, 0.15) is 0 Å². The molecular formula is C15H18ClF3N2O. The molecule has 1 saturated heterocycles. The highest BCUT2D eigenvalue weighted by Gasteiger charge is 2.40. The lowest BCUT2D eigenvalue weighted by atomic mass is 9.78. The second-order valence-electron chi connectivity index (χ2n) is 5.98. The van der Waals surface area contributed by atoms with Crippen LogP contribution in [0, 0.1) is 29.3 Å². The minimum atomic E-state index is -1.55. The van der Waals surface area contributed by atoms with Crippen LogP contribution in [-0.4, -0.2) is 29.9 Å². The summed E-state index contributed by atoms with van der Waals surface area (Å²) in [4.78, 5) is 13.9. The fraction of sp³-hybridized carbons (Fsp3) is 0.533. The lowest BCUT2D eigenvalue weighted by Gasteiger charge is -2.29. The zero-order valence-corrected chi connectivity index (χ0v) is 12.7. The quantitative estimate of drug-likeness (QED) is 0.803. The van der Waals surface area contributed by atoms with Crippen LogP contribution in [-0.2, 0) is 0 Å². The number of fused-ring (bicyclic) bond motifs is 1. The van der Waals surface area contributed by atoms with E-state index in [1.807, 2.05) is 0 Å². The number of benzene rings is 1. The van der Waals surface area contributed by atoms with E-state index >= 15 is 0 Å². The maximum Gasteiger partial charge on any atom is 0.254 e. The van der Waals surface area contributed by atoms with E-state index in [4.69, 9.17) is 5.73 Å². The molecule has 1 aliphatic carbocycles. The molecule has 3 atom stereocenters. The lowest BCUT2D eigenvalue weighted by Crippen LogP contribution is -2.38. The van der Waals surface area contributed by atoms with Gasteiger partial charge in [-0.05, 0) is 36.8 Å². The van der Waals surface area contributed by atoms with Crippen molar-refractivity contribution < 1.29 is 18.0 Å². The van der Waals surface area contributed by atoms with Crippen LogP contribution in [0.2, 0.25) is 0 Å². The third-order valence-corrected chi connectivity index (χ3v) is 4.67. The van der Waals surface area contributed by atoms with Gasteiger partial charge in [0.15, 0.2) is 17.5 Å². The number of nitrogens with zero attached hydrogens (tertiary/aromatic N) is 1. The van der Waals surface area contributed by atoms with E-state index < -0.39 is 23.4 Å². The van der Waals surface area contributed by atoms with Crippen LogP contribution < -0.4 is 5.73 Å². The maximum absolute atomic E-state index is 13.2. The van der Waals surface area contributed by atoms with Crippen molar-refractivity contribution >= 4 is 18.3 Å². The standard InChI is InChI=1S/C15H17F3N2O.ClH/c16-11-4-9(5-12(17)14(11)18)15(21)20-6-8-2-1-3-13(19)10(8)7-20;/h4-5,8,10,13H,1-3,6-7,19H2;1H. The van der Waals surface area contributed by atoms with Crippen molar-refractivity contribution in [1.82, 2.24) is 4.90 Å². The summed E-state index contributed by atoms with van der Waals surface area (Å²) < 4.78 is 39.4. The van der Waals surface area contributed by atoms with Gasteiger partial charge in [-0.3, -0.25) is 4.79 Å². The number of hydrogen-bond donors (Lipinski definition) is 1. The van der Waals surface area contributed by atoms with Gasteiger partial charge in [-0.25, -0.2) is 13.2 Å². The Hall–Kier alpha value is -1.27. The SMILES string of the molecule is Cl.NC1CCCC2CN(C(=O)c3cc(F)c(F)c(F)c3)CC12. The summed E-state index contributed by atoms with van der Waals surface area (Å²) in [5.74, 6) is -4.10. The Morgan fingerprint density at radius 1 is 1.14 bits per heavy atom. The summed E-state index contributed by atoms with van der Waals surface area (Å²) >= 11 is 0. The molecule has 1 aliphatic heterocycles. The van der Waals surface area contributed by atoms with Crippen molar-refractivity contribution in [3.63, 3.8) is 0 Å². The molecule has 3 rings (SSSR count). The van der Waals surface area contributed by atoms with Crippen molar-refractivity contribution in [1.29, 1.82) is 0 Å². The van der Waals surface area contributed by atoms with Gasteiger partial charge in [0.2, 0.25) is 0 Å². The van der Waals surface area contributed by atoms with E-state index in [0.29, 0.717) is 19.0 Å². The molecule has 122 valence electrons. The summed E-state index contributed by atoms with van der Waals surface area (Å²) in [6.07, 6.45) is 3.02. The van der Waals surface area contributed by atoms with Crippen molar-refractivity contribution in [3.05, 3.63) is 35.1 Å². The molecule has 1 aromatic rings. The zero-order valence-electron chi connectivity index (χ0n) is 11.9. The van der Waals surface area contributed by atoms with Gasteiger partial charge >= 0.3 is 0 Å². The molecule has 7 heteroatoms. The first kappa shape index (κ1) is 17.1. The minimum Gasteiger partial charge on any atom is -0.338 e. The highest BCUT2D eigenvalue weighted by atomic mass is 35.5. The normalized spacial score (nSPS) is 27.3. The minimum absolute atomic E-state index is 0. The van der Waals surface area contributed by atoms with E-state index in [-0.39, 0.29) is 29.9 Å². The summed E-state index contributed by atoms with van der Waals surface area (Å²) in [5.41, 5.74) is 5.93. The van der Waals surface area contributed by atoms with Crippen LogP contribution >= 0.6 is 12.4 Å². The highest BCUT2D eigenvalue weighted by Crippen LogP contribution is 2.36. The first-order valence-corrected chi connectivity index (χ1v) is 7.16. The first-order chi connectivity index (χ1) is 9.97. The Balaban J connectivity index is 0.00000176. The number of hydrogen-bond acceptors (Lipinski definition) is 2. The molecule has 1 saturated carbocycles. The number of nitrogens with two attached hydrogens (primary N) is 1. The molecule has 0 bridgehead atoms. The summed E-state index contributed by atoms with van der Waals surface area (Å²) in [5, 5.41) is 0. The number of likely N-dealkylation sites (tertiary alicyclic amines) is 1. The summed E-state index contributed by atoms with van der Waals surface area (Å²) in [7, 11) is 0. The zero-order chi connectivity index (χ0) is 15.1. The highest BCUT2D eigenvalue weighted by molar-refractivity contribution is 5.94. The van der Waals surface area contributed by atoms with E-state index in [0.717, 1.165) is 31.4 Å². The largest absolute Gasteiger partial charge is 0.338 e. The van der Waals surface area contributed by atoms with Gasteiger partial charge in [0.05, 0.1) is 0 Å². The number of carbonyl (C=O) groups is 1. The molecule has 2 N–H and O–H groups in total. The molecule has 1 heterocycles. The van der Waals surface area contributed by atoms with Crippen molar-refractivity contribution in [3.8, 4) is 0 Å². The molecule has 3 unspecified atom stereocenters. The van der Waals surface area contributed by atoms with Gasteiger partial charge in [-0.1, -0.05) is 6.42 Å². The topological polar surface area (TPSA) is 46.3 Å². The molecule has 1 amide bonds. The average molecular weight is 335 g/mol. The molecule has 0 spiro atoms. The van der Waals surface area contributed by atoms with Gasteiger partial charge in [0.25, 0.3) is 5.91 Å². The molecule has 1 aromatic carbocycles. The van der Waals surface area contributed by atoms with Crippen molar-refractivity contribution in [2.24, 2.45) is 17.6 Å². The second kappa shape index (κ2) is 6.46. The van der Waals surface area contributed by atoms with Gasteiger partial charge in [-0.2, -0.15) is 0 Å². The predicted molar refractivity (Wildman–Crippen MR) is 78.3 cm³/mol.